The first-order chi connectivity index (χ1) is 10.4. The molecule has 0 aliphatic rings. The first kappa shape index (κ1) is 37.3. The molecule has 1 nitrogen and oxygen atoms in total. The van der Waals surface area contributed by atoms with Crippen molar-refractivity contribution in [3.63, 3.8) is 0 Å². The zero-order valence-corrected chi connectivity index (χ0v) is 20.9. The maximum atomic E-state index is 4.67. The van der Waals surface area contributed by atoms with Gasteiger partial charge in [-0.3, -0.25) is 0 Å². The van der Waals surface area contributed by atoms with Crippen LogP contribution >= 0.6 is 37.2 Å². The van der Waals surface area contributed by atoms with E-state index in [2.05, 4.69) is 19.2 Å². The molecule has 0 bridgehead atoms. The predicted octanol–water partition coefficient (Wildman–Crippen LogP) is 8.90. The number of hydrogen-bond acceptors (Lipinski definition) is 0. The molecule has 0 aromatic carbocycles. The second-order valence-electron chi connectivity index (χ2n) is 6.62. The summed E-state index contributed by atoms with van der Waals surface area (Å²) < 4.78 is 0. The zero-order chi connectivity index (χ0) is 15.4. The van der Waals surface area contributed by atoms with Crippen molar-refractivity contribution in [1.29, 1.82) is 0 Å². The average molecular weight is 454 g/mol. The first-order valence-corrected chi connectivity index (χ1v) is 10.0. The molecule has 0 aromatic heterocycles. The average Bonchev–Trinajstić information content (AvgIpc) is 2.50. The molecule has 0 radical (unpaired) electrons. The molecule has 0 fully saturated rings. The number of nitrogens with zero attached hydrogens (tertiary/aromatic N) is 1. The third-order valence-electron chi connectivity index (χ3n) is 4.34. The minimum absolute atomic E-state index is 0. The summed E-state index contributed by atoms with van der Waals surface area (Å²) in [5, 5.41) is 4.67. The molecule has 0 saturated heterocycles. The van der Waals surface area contributed by atoms with E-state index in [0.29, 0.717) is 0 Å². The summed E-state index contributed by atoms with van der Waals surface area (Å²) in [6, 6.07) is 0. The van der Waals surface area contributed by atoms with Gasteiger partial charge in [0, 0.05) is 21.7 Å². The van der Waals surface area contributed by atoms with E-state index >= 15 is 0 Å². The van der Waals surface area contributed by atoms with E-state index in [0.717, 1.165) is 13.1 Å². The third-order valence-corrected chi connectivity index (χ3v) is 4.34. The van der Waals surface area contributed by atoms with E-state index in [1.807, 2.05) is 0 Å². The first-order valence-electron chi connectivity index (χ1n) is 10.0. The quantitative estimate of drug-likeness (QED) is 0.145. The Morgan fingerprint density at radius 3 is 0.920 bits per heavy atom. The van der Waals surface area contributed by atoms with Crippen molar-refractivity contribution >= 4 is 37.2 Å². The standard InChI is InChI=1S/C20H42N.3ClH.Ti/c1-3-5-7-9-11-13-15-17-19-21-20-18-16-14-12-10-8-6-4-2;;;;/h3-20H2,1-2H3;3*1H;/q-1;;;;. The van der Waals surface area contributed by atoms with Gasteiger partial charge in [0.2, 0.25) is 0 Å². The predicted molar refractivity (Wildman–Crippen MR) is 120 cm³/mol. The molecule has 0 heterocycles. The minimum Gasteiger partial charge on any atom is -0.662 e. The summed E-state index contributed by atoms with van der Waals surface area (Å²) >= 11 is 0. The Balaban J connectivity index is -0.000000333. The SMILES string of the molecule is CCCCCCCCCC[N-]CCCCCCCCCC.Cl.Cl.Cl.[Ti]. The van der Waals surface area contributed by atoms with Gasteiger partial charge < -0.3 is 5.32 Å². The van der Waals surface area contributed by atoms with Crippen LogP contribution in [0.25, 0.3) is 5.32 Å². The zero-order valence-electron chi connectivity index (χ0n) is 16.9. The molecule has 5 heteroatoms. The molecule has 0 rings (SSSR count). The van der Waals surface area contributed by atoms with Crippen LogP contribution in [-0.4, -0.2) is 13.1 Å². The molecule has 0 aromatic rings. The van der Waals surface area contributed by atoms with Crippen molar-refractivity contribution in [3.05, 3.63) is 5.32 Å². The number of halogens is 3. The maximum Gasteiger partial charge on any atom is 0 e. The largest absolute Gasteiger partial charge is 0.662 e. The Bertz CT molecular complexity index is 168. The molecule has 0 aliphatic heterocycles. The molecule has 0 saturated carbocycles. The van der Waals surface area contributed by atoms with Crippen LogP contribution in [0.15, 0.2) is 0 Å². The monoisotopic (exact) mass is 452 g/mol. The summed E-state index contributed by atoms with van der Waals surface area (Å²) in [4.78, 5) is 0. The van der Waals surface area contributed by atoms with Crippen molar-refractivity contribution in [1.82, 2.24) is 0 Å². The van der Waals surface area contributed by atoms with Crippen molar-refractivity contribution in [2.45, 2.75) is 117 Å². The van der Waals surface area contributed by atoms with Crippen LogP contribution in [0.2, 0.25) is 0 Å². The molecular weight excluding hydrogens is 408 g/mol. The van der Waals surface area contributed by atoms with Crippen molar-refractivity contribution in [2.75, 3.05) is 13.1 Å². The summed E-state index contributed by atoms with van der Waals surface area (Å²) in [5.74, 6) is 0. The van der Waals surface area contributed by atoms with E-state index in [1.165, 1.54) is 103 Å². The van der Waals surface area contributed by atoms with Crippen LogP contribution in [0.1, 0.15) is 117 Å². The molecule has 156 valence electrons. The summed E-state index contributed by atoms with van der Waals surface area (Å²) in [6.07, 6.45) is 22.5. The van der Waals surface area contributed by atoms with Gasteiger partial charge in [-0.15, -0.1) is 50.3 Å². The fourth-order valence-electron chi connectivity index (χ4n) is 2.83. The van der Waals surface area contributed by atoms with Crippen LogP contribution in [0.4, 0.5) is 0 Å². The van der Waals surface area contributed by atoms with Crippen LogP contribution < -0.4 is 0 Å². The van der Waals surface area contributed by atoms with E-state index in [4.69, 9.17) is 0 Å². The Hall–Kier alpha value is 1.54. The van der Waals surface area contributed by atoms with Gasteiger partial charge >= 0.3 is 0 Å². The molecule has 0 amide bonds. The van der Waals surface area contributed by atoms with Gasteiger partial charge in [0.05, 0.1) is 0 Å². The van der Waals surface area contributed by atoms with Crippen molar-refractivity contribution < 1.29 is 21.7 Å². The van der Waals surface area contributed by atoms with Gasteiger partial charge in [-0.25, -0.2) is 0 Å². The molecule has 0 spiro atoms. The molecule has 25 heavy (non-hydrogen) atoms. The van der Waals surface area contributed by atoms with Gasteiger partial charge in [-0.2, -0.15) is 0 Å². The molecular formula is C20H45Cl3NTi-. The molecule has 0 aliphatic carbocycles. The number of rotatable bonds is 18. The van der Waals surface area contributed by atoms with Crippen LogP contribution in [0.3, 0.4) is 0 Å². The van der Waals surface area contributed by atoms with Crippen molar-refractivity contribution in [2.24, 2.45) is 0 Å². The molecule has 0 N–H and O–H groups in total. The van der Waals surface area contributed by atoms with Crippen LogP contribution in [0.5, 0.6) is 0 Å². The normalized spacial score (nSPS) is 9.36. The van der Waals surface area contributed by atoms with E-state index in [-0.39, 0.29) is 58.9 Å². The van der Waals surface area contributed by atoms with E-state index in [9.17, 15) is 0 Å². The number of hydrogen-bond donors (Lipinski definition) is 0. The van der Waals surface area contributed by atoms with Gasteiger partial charge in [-0.05, 0) is 0 Å². The topological polar surface area (TPSA) is 14.1 Å². The van der Waals surface area contributed by atoms with Gasteiger partial charge in [0.25, 0.3) is 0 Å². The van der Waals surface area contributed by atoms with E-state index in [1.54, 1.807) is 0 Å². The number of unbranched alkanes of at least 4 members (excludes halogenated alkanes) is 14. The smallest absolute Gasteiger partial charge is 0 e. The fourth-order valence-corrected chi connectivity index (χ4v) is 2.83. The van der Waals surface area contributed by atoms with Gasteiger partial charge in [-0.1, -0.05) is 117 Å². The van der Waals surface area contributed by atoms with Gasteiger partial charge in [0.1, 0.15) is 0 Å². The molecule has 0 atom stereocenters. The fraction of sp³-hybridized carbons (Fsp3) is 1.00. The molecule has 0 unspecified atom stereocenters. The van der Waals surface area contributed by atoms with Crippen LogP contribution in [-0.2, 0) is 21.7 Å². The van der Waals surface area contributed by atoms with E-state index < -0.39 is 0 Å². The Labute approximate surface area is 193 Å². The van der Waals surface area contributed by atoms with Crippen molar-refractivity contribution in [3.8, 4) is 0 Å². The third kappa shape index (κ3) is 37.1. The second kappa shape index (κ2) is 36.5. The maximum absolute atomic E-state index is 4.67. The second-order valence-corrected chi connectivity index (χ2v) is 6.62. The summed E-state index contributed by atoms with van der Waals surface area (Å²) in [5.41, 5.74) is 0. The summed E-state index contributed by atoms with van der Waals surface area (Å²) in [7, 11) is 0. The van der Waals surface area contributed by atoms with Gasteiger partial charge in [0.15, 0.2) is 0 Å². The Morgan fingerprint density at radius 2 is 0.640 bits per heavy atom. The Kier molecular flexibility index (Phi) is 54.4. The summed E-state index contributed by atoms with van der Waals surface area (Å²) in [6.45, 7) is 6.80. The van der Waals surface area contributed by atoms with Crippen LogP contribution in [0, 0.1) is 0 Å². The minimum atomic E-state index is 0. The Morgan fingerprint density at radius 1 is 0.400 bits per heavy atom.